The Bertz CT molecular complexity index is 753. The molecule has 5 nitrogen and oxygen atoms in total. The van der Waals surface area contributed by atoms with Crippen LogP contribution in [0.15, 0.2) is 36.4 Å². The number of nitrogens with one attached hydrogen (secondary N) is 2. The predicted molar refractivity (Wildman–Crippen MR) is 94.1 cm³/mol. The van der Waals surface area contributed by atoms with Gasteiger partial charge in [-0.05, 0) is 49.0 Å². The highest BCUT2D eigenvalue weighted by atomic mass is 35.5. The molecule has 2 rings (SSSR count). The van der Waals surface area contributed by atoms with E-state index < -0.39 is 4.92 Å². The standard InChI is InChI=1S/C14H11Cl2N3O2S/c1-8-6-10(19(20)21)3-5-12(8)17-14(22)18-13-4-2-9(15)7-11(13)16/h2-7H,1H3,(H2,17,18,22). The molecule has 114 valence electrons. The van der Waals surface area contributed by atoms with Crippen molar-refractivity contribution < 1.29 is 4.92 Å². The van der Waals surface area contributed by atoms with Gasteiger partial charge >= 0.3 is 0 Å². The zero-order valence-corrected chi connectivity index (χ0v) is 13.7. The molecule has 0 aliphatic heterocycles. The van der Waals surface area contributed by atoms with Crippen molar-refractivity contribution in [3.8, 4) is 0 Å². The number of benzene rings is 2. The van der Waals surface area contributed by atoms with E-state index in [0.717, 1.165) is 0 Å². The molecule has 0 spiro atoms. The average molecular weight is 356 g/mol. The van der Waals surface area contributed by atoms with Crippen molar-refractivity contribution in [1.29, 1.82) is 0 Å². The van der Waals surface area contributed by atoms with Gasteiger partial charge in [0.25, 0.3) is 5.69 Å². The fraction of sp³-hybridized carbons (Fsp3) is 0.0714. The van der Waals surface area contributed by atoms with Crippen molar-refractivity contribution in [2.24, 2.45) is 0 Å². The van der Waals surface area contributed by atoms with E-state index in [1.807, 2.05) is 0 Å². The van der Waals surface area contributed by atoms with E-state index in [2.05, 4.69) is 10.6 Å². The van der Waals surface area contributed by atoms with E-state index in [4.69, 9.17) is 35.4 Å². The van der Waals surface area contributed by atoms with E-state index in [9.17, 15) is 10.1 Å². The molecule has 0 aliphatic rings. The largest absolute Gasteiger partial charge is 0.332 e. The molecule has 0 radical (unpaired) electrons. The lowest BCUT2D eigenvalue weighted by Gasteiger charge is -2.13. The van der Waals surface area contributed by atoms with Crippen molar-refractivity contribution in [1.82, 2.24) is 0 Å². The Kier molecular flexibility index (Phi) is 5.18. The molecule has 0 unspecified atom stereocenters. The van der Waals surface area contributed by atoms with Gasteiger partial charge < -0.3 is 10.6 Å². The van der Waals surface area contributed by atoms with Gasteiger partial charge in [-0.1, -0.05) is 23.2 Å². The van der Waals surface area contributed by atoms with E-state index in [1.165, 1.54) is 12.1 Å². The average Bonchev–Trinajstić information content (AvgIpc) is 2.44. The van der Waals surface area contributed by atoms with Crippen LogP contribution in [0.5, 0.6) is 0 Å². The number of hydrogen-bond acceptors (Lipinski definition) is 3. The molecule has 0 atom stereocenters. The van der Waals surface area contributed by atoms with Gasteiger partial charge in [0.2, 0.25) is 0 Å². The summed E-state index contributed by atoms with van der Waals surface area (Å²) in [5.41, 5.74) is 2.03. The lowest BCUT2D eigenvalue weighted by molar-refractivity contribution is -0.384. The van der Waals surface area contributed by atoms with Crippen molar-refractivity contribution in [2.45, 2.75) is 6.92 Å². The second-order valence-corrected chi connectivity index (χ2v) is 5.71. The molecular weight excluding hydrogens is 345 g/mol. The second-order valence-electron chi connectivity index (χ2n) is 4.46. The highest BCUT2D eigenvalue weighted by Crippen LogP contribution is 2.26. The highest BCUT2D eigenvalue weighted by molar-refractivity contribution is 7.80. The van der Waals surface area contributed by atoms with Crippen LogP contribution in [0, 0.1) is 17.0 Å². The minimum absolute atomic E-state index is 0.0303. The lowest BCUT2D eigenvalue weighted by Crippen LogP contribution is -2.19. The Morgan fingerprint density at radius 2 is 1.77 bits per heavy atom. The summed E-state index contributed by atoms with van der Waals surface area (Å²) in [5, 5.41) is 17.9. The monoisotopic (exact) mass is 355 g/mol. The Labute approximate surface area is 142 Å². The van der Waals surface area contributed by atoms with Gasteiger partial charge in [-0.15, -0.1) is 0 Å². The molecule has 0 saturated heterocycles. The molecule has 8 heteroatoms. The highest BCUT2D eigenvalue weighted by Gasteiger charge is 2.09. The van der Waals surface area contributed by atoms with Gasteiger partial charge in [0, 0.05) is 22.8 Å². The van der Waals surface area contributed by atoms with Crippen LogP contribution in [0.25, 0.3) is 0 Å². The number of hydrogen-bond donors (Lipinski definition) is 2. The molecule has 22 heavy (non-hydrogen) atoms. The molecular formula is C14H11Cl2N3O2S. The lowest BCUT2D eigenvalue weighted by atomic mass is 10.2. The third kappa shape index (κ3) is 4.07. The Hall–Kier alpha value is -1.89. The number of thiocarbonyl (C=S) groups is 1. The maximum Gasteiger partial charge on any atom is 0.269 e. The minimum atomic E-state index is -0.444. The van der Waals surface area contributed by atoms with Crippen molar-refractivity contribution in [3.63, 3.8) is 0 Å². The van der Waals surface area contributed by atoms with Gasteiger partial charge in [0.1, 0.15) is 0 Å². The van der Waals surface area contributed by atoms with Crippen LogP contribution in [0.1, 0.15) is 5.56 Å². The second kappa shape index (κ2) is 6.91. The molecule has 2 N–H and O–H groups in total. The quantitative estimate of drug-likeness (QED) is 0.459. The van der Waals surface area contributed by atoms with Gasteiger partial charge in [0.15, 0.2) is 5.11 Å². The van der Waals surface area contributed by atoms with E-state index >= 15 is 0 Å². The number of non-ortho nitro benzene ring substituents is 1. The Morgan fingerprint density at radius 3 is 2.36 bits per heavy atom. The van der Waals surface area contributed by atoms with Gasteiger partial charge in [-0.2, -0.15) is 0 Å². The fourth-order valence-electron chi connectivity index (χ4n) is 1.77. The summed E-state index contributed by atoms with van der Waals surface area (Å²) in [6, 6.07) is 9.49. The maximum absolute atomic E-state index is 10.7. The molecule has 0 heterocycles. The van der Waals surface area contributed by atoms with Crippen LogP contribution in [0.3, 0.4) is 0 Å². The summed E-state index contributed by atoms with van der Waals surface area (Å²) in [6.45, 7) is 1.76. The normalized spacial score (nSPS) is 10.1. The first-order valence-corrected chi connectivity index (χ1v) is 7.31. The summed E-state index contributed by atoms with van der Waals surface area (Å²) in [4.78, 5) is 10.3. The summed E-state index contributed by atoms with van der Waals surface area (Å²) >= 11 is 17.1. The molecule has 0 amide bonds. The zero-order valence-electron chi connectivity index (χ0n) is 11.4. The number of nitro benzene ring substituents is 1. The topological polar surface area (TPSA) is 67.2 Å². The SMILES string of the molecule is Cc1cc([N+](=O)[O-])ccc1NC(=S)Nc1ccc(Cl)cc1Cl. The summed E-state index contributed by atoms with van der Waals surface area (Å²) < 4.78 is 0. The van der Waals surface area contributed by atoms with Crippen molar-refractivity contribution in [2.75, 3.05) is 10.6 Å². The zero-order chi connectivity index (χ0) is 16.3. The molecule has 0 saturated carbocycles. The van der Waals surface area contributed by atoms with Crippen LogP contribution in [-0.2, 0) is 0 Å². The smallest absolute Gasteiger partial charge is 0.269 e. The number of nitro groups is 1. The first-order chi connectivity index (χ1) is 10.4. The fourth-order valence-corrected chi connectivity index (χ4v) is 2.44. The van der Waals surface area contributed by atoms with Gasteiger partial charge in [0.05, 0.1) is 15.6 Å². The Morgan fingerprint density at radius 1 is 1.14 bits per heavy atom. The minimum Gasteiger partial charge on any atom is -0.332 e. The first-order valence-electron chi connectivity index (χ1n) is 6.15. The number of rotatable bonds is 3. The number of halogens is 2. The molecule has 0 fully saturated rings. The van der Waals surface area contributed by atoms with Gasteiger partial charge in [-0.3, -0.25) is 10.1 Å². The van der Waals surface area contributed by atoms with Crippen LogP contribution < -0.4 is 10.6 Å². The first kappa shape index (κ1) is 16.5. The number of aryl methyl sites for hydroxylation is 1. The summed E-state index contributed by atoms with van der Waals surface area (Å²) in [7, 11) is 0. The van der Waals surface area contributed by atoms with Crippen LogP contribution in [0.2, 0.25) is 10.0 Å². The van der Waals surface area contributed by atoms with E-state index in [-0.39, 0.29) is 5.69 Å². The molecule has 0 bridgehead atoms. The number of nitrogens with zero attached hydrogens (tertiary/aromatic N) is 1. The van der Waals surface area contributed by atoms with Crippen molar-refractivity contribution >= 4 is 57.6 Å². The third-order valence-electron chi connectivity index (χ3n) is 2.85. The molecule has 2 aromatic carbocycles. The molecule has 2 aromatic rings. The van der Waals surface area contributed by atoms with Crippen LogP contribution in [-0.4, -0.2) is 10.0 Å². The predicted octanol–water partition coefficient (Wildman–Crippen LogP) is 5.02. The number of anilines is 2. The van der Waals surface area contributed by atoms with Crippen LogP contribution in [0.4, 0.5) is 17.1 Å². The van der Waals surface area contributed by atoms with Crippen molar-refractivity contribution in [3.05, 3.63) is 62.1 Å². The molecule has 0 aromatic heterocycles. The summed E-state index contributed by atoms with van der Waals surface area (Å²) in [6.07, 6.45) is 0. The summed E-state index contributed by atoms with van der Waals surface area (Å²) in [5.74, 6) is 0. The maximum atomic E-state index is 10.7. The van der Waals surface area contributed by atoms with Gasteiger partial charge in [-0.25, -0.2) is 0 Å². The Balaban J connectivity index is 2.10. The van der Waals surface area contributed by atoms with E-state index in [1.54, 1.807) is 31.2 Å². The van der Waals surface area contributed by atoms with E-state index in [0.29, 0.717) is 32.1 Å². The molecule has 0 aliphatic carbocycles. The third-order valence-corrected chi connectivity index (χ3v) is 3.60. The van der Waals surface area contributed by atoms with Crippen LogP contribution >= 0.6 is 35.4 Å².